The minimum atomic E-state index is -3.86. The van der Waals surface area contributed by atoms with E-state index in [4.69, 9.17) is 9.47 Å². The highest BCUT2D eigenvalue weighted by atomic mass is 32.2. The predicted octanol–water partition coefficient (Wildman–Crippen LogP) is 6.66. The van der Waals surface area contributed by atoms with Crippen LogP contribution in [0.3, 0.4) is 0 Å². The van der Waals surface area contributed by atoms with Gasteiger partial charge in [0.25, 0.3) is 0 Å². The Labute approximate surface area is 255 Å². The number of hydrogen-bond acceptors (Lipinski definition) is 7. The molecule has 43 heavy (non-hydrogen) atoms. The van der Waals surface area contributed by atoms with Gasteiger partial charge < -0.3 is 19.7 Å². The monoisotopic (exact) mass is 603 g/mol. The summed E-state index contributed by atoms with van der Waals surface area (Å²) in [7, 11) is -0.646. The number of methoxy groups -OCH3 is 2. The zero-order chi connectivity index (χ0) is 31.1. The molecule has 2 aliphatic rings. The topological polar surface area (TPSA) is 88.2 Å². The summed E-state index contributed by atoms with van der Waals surface area (Å²) in [5.74, 6) is 1.11. The van der Waals surface area contributed by atoms with Crippen molar-refractivity contribution in [3.63, 3.8) is 0 Å². The van der Waals surface area contributed by atoms with Crippen LogP contribution in [-0.4, -0.2) is 46.8 Å². The highest BCUT2D eigenvalue weighted by molar-refractivity contribution is 7.92. The van der Waals surface area contributed by atoms with Gasteiger partial charge >= 0.3 is 0 Å². The second-order valence-corrected chi connectivity index (χ2v) is 13.7. The van der Waals surface area contributed by atoms with Crippen molar-refractivity contribution in [2.24, 2.45) is 0 Å². The van der Waals surface area contributed by atoms with Crippen LogP contribution >= 0.6 is 0 Å². The van der Waals surface area contributed by atoms with E-state index in [1.54, 1.807) is 20.3 Å². The van der Waals surface area contributed by atoms with Crippen LogP contribution in [0.4, 0.5) is 17.1 Å². The Morgan fingerprint density at radius 1 is 0.907 bits per heavy atom. The number of hydrogen-bond donors (Lipinski definition) is 1. The first-order chi connectivity index (χ1) is 20.4. The number of allylic oxidation sites excluding steroid dienone is 1. The van der Waals surface area contributed by atoms with Crippen molar-refractivity contribution < 1.29 is 22.7 Å². The molecule has 5 rings (SSSR count). The normalized spacial score (nSPS) is 18.6. The van der Waals surface area contributed by atoms with Crippen LogP contribution < -0.4 is 24.0 Å². The molecular formula is C34H41N3O5S. The van der Waals surface area contributed by atoms with Crippen molar-refractivity contribution in [3.8, 4) is 11.5 Å². The van der Waals surface area contributed by atoms with Gasteiger partial charge in [0, 0.05) is 47.1 Å². The first-order valence-corrected chi connectivity index (χ1v) is 16.5. The molecule has 0 radical (unpaired) electrons. The van der Waals surface area contributed by atoms with Gasteiger partial charge in [-0.3, -0.25) is 9.10 Å². The molecule has 8 nitrogen and oxygen atoms in total. The fourth-order valence-electron chi connectivity index (χ4n) is 6.60. The van der Waals surface area contributed by atoms with E-state index in [-0.39, 0.29) is 30.2 Å². The number of ether oxygens (including phenoxy) is 2. The number of carbonyl (C=O) groups excluding carboxylic acids is 1. The minimum absolute atomic E-state index is 0.0721. The van der Waals surface area contributed by atoms with E-state index in [0.717, 1.165) is 22.7 Å². The largest absolute Gasteiger partial charge is 0.497 e. The van der Waals surface area contributed by atoms with Crippen molar-refractivity contribution in [2.45, 2.75) is 64.6 Å². The van der Waals surface area contributed by atoms with Gasteiger partial charge in [0.1, 0.15) is 17.5 Å². The van der Waals surface area contributed by atoms with Crippen LogP contribution in [0, 0.1) is 0 Å². The average molecular weight is 604 g/mol. The van der Waals surface area contributed by atoms with Crippen LogP contribution in [0.25, 0.3) is 0 Å². The highest BCUT2D eigenvalue weighted by Gasteiger charge is 2.43. The Balaban J connectivity index is 1.72. The number of para-hydroxylation sites is 2. The quantitative estimate of drug-likeness (QED) is 0.308. The predicted molar refractivity (Wildman–Crippen MR) is 173 cm³/mol. The third-order valence-corrected chi connectivity index (χ3v) is 9.43. The highest BCUT2D eigenvalue weighted by Crippen LogP contribution is 2.50. The molecule has 0 saturated carbocycles. The van der Waals surface area contributed by atoms with Gasteiger partial charge in [0.15, 0.2) is 5.78 Å². The van der Waals surface area contributed by atoms with Gasteiger partial charge in [0.05, 0.1) is 31.9 Å². The molecule has 1 N–H and O–H groups in total. The zero-order valence-electron chi connectivity index (χ0n) is 25.9. The van der Waals surface area contributed by atoms with Crippen molar-refractivity contribution in [1.29, 1.82) is 0 Å². The van der Waals surface area contributed by atoms with E-state index >= 15 is 0 Å². The molecular weight excluding hydrogens is 562 g/mol. The molecule has 3 aromatic rings. The van der Waals surface area contributed by atoms with Crippen molar-refractivity contribution >= 4 is 32.9 Å². The summed E-state index contributed by atoms with van der Waals surface area (Å²) in [5, 5.41) is 3.49. The maximum absolute atomic E-state index is 14.3. The number of Topliss-reactive ketones (excluding diaryl/α,β-unsaturated/α-hetero) is 1. The molecule has 0 amide bonds. The summed E-state index contributed by atoms with van der Waals surface area (Å²) in [6.07, 6.45) is 1.99. The Morgan fingerprint density at radius 2 is 1.58 bits per heavy atom. The number of benzene rings is 3. The Morgan fingerprint density at radius 3 is 2.19 bits per heavy atom. The maximum Gasteiger partial charge on any atom is 0.233 e. The first-order valence-electron chi connectivity index (χ1n) is 14.7. The van der Waals surface area contributed by atoms with Crippen LogP contribution in [0.15, 0.2) is 78.0 Å². The summed E-state index contributed by atoms with van der Waals surface area (Å²) < 4.78 is 40.0. The zero-order valence-corrected chi connectivity index (χ0v) is 26.7. The van der Waals surface area contributed by atoms with Crippen LogP contribution in [0.2, 0.25) is 0 Å². The molecule has 0 saturated heterocycles. The number of nitrogens with zero attached hydrogens (tertiary/aromatic N) is 2. The maximum atomic E-state index is 14.3. The van der Waals surface area contributed by atoms with Crippen molar-refractivity contribution in [2.75, 3.05) is 35.0 Å². The fourth-order valence-corrected chi connectivity index (χ4v) is 7.72. The number of ketones is 1. The van der Waals surface area contributed by atoms with E-state index in [1.807, 2.05) is 60.7 Å². The molecule has 2 unspecified atom stereocenters. The van der Waals surface area contributed by atoms with E-state index in [9.17, 15) is 13.2 Å². The summed E-state index contributed by atoms with van der Waals surface area (Å²) >= 11 is 0. The Hall–Kier alpha value is -3.98. The number of fused-ring (bicyclic) bond motifs is 1. The molecule has 228 valence electrons. The molecule has 1 aliphatic heterocycles. The number of nitrogens with one attached hydrogen (secondary N) is 1. The van der Waals surface area contributed by atoms with E-state index in [2.05, 4.69) is 37.9 Å². The molecule has 0 bridgehead atoms. The van der Waals surface area contributed by atoms with E-state index in [0.29, 0.717) is 34.7 Å². The molecule has 0 spiro atoms. The van der Waals surface area contributed by atoms with Crippen LogP contribution in [0.5, 0.6) is 11.5 Å². The summed E-state index contributed by atoms with van der Waals surface area (Å²) in [5.41, 5.74) is 4.89. The lowest BCUT2D eigenvalue weighted by Crippen LogP contribution is -2.38. The van der Waals surface area contributed by atoms with Crippen LogP contribution in [-0.2, 0) is 14.8 Å². The molecule has 0 aromatic heterocycles. The molecule has 9 heteroatoms. The number of carbonyl (C=O) groups is 1. The smallest absolute Gasteiger partial charge is 0.233 e. The van der Waals surface area contributed by atoms with Gasteiger partial charge in [-0.2, -0.15) is 0 Å². The molecule has 1 aliphatic carbocycles. The van der Waals surface area contributed by atoms with Gasteiger partial charge in [-0.25, -0.2) is 8.42 Å². The average Bonchev–Trinajstić information content (AvgIpc) is 3.11. The van der Waals surface area contributed by atoms with Crippen LogP contribution in [0.1, 0.15) is 63.6 Å². The lowest BCUT2D eigenvalue weighted by molar-refractivity contribution is -0.116. The lowest BCUT2D eigenvalue weighted by Gasteiger charge is -2.37. The van der Waals surface area contributed by atoms with E-state index in [1.165, 1.54) is 10.6 Å². The van der Waals surface area contributed by atoms with Gasteiger partial charge in [-0.15, -0.1) is 0 Å². The molecule has 0 fully saturated rings. The van der Waals surface area contributed by atoms with Gasteiger partial charge in [-0.05, 0) is 75.9 Å². The van der Waals surface area contributed by atoms with Crippen molar-refractivity contribution in [1.82, 2.24) is 0 Å². The number of rotatable bonds is 8. The standard InChI is InChI=1S/C34H41N3O5S/c1-21(2)36(22(3)4)25-14-17-27(32(20-25)42-6)34-33-29(35-28-10-8-9-11-30(28)37(34)43(7,39)40)18-24(19-31(33)38)23-12-15-26(41-5)16-13-23/h8-17,20-22,24,34-35H,18-19H2,1-7H3. The van der Waals surface area contributed by atoms with Gasteiger partial charge in [0.2, 0.25) is 10.0 Å². The molecule has 2 atom stereocenters. The third-order valence-electron chi connectivity index (χ3n) is 8.31. The summed E-state index contributed by atoms with van der Waals surface area (Å²) in [6, 6.07) is 20.5. The van der Waals surface area contributed by atoms with E-state index < -0.39 is 16.1 Å². The third kappa shape index (κ3) is 5.83. The fraction of sp³-hybridized carbons (Fsp3) is 0.382. The first kappa shape index (κ1) is 30.5. The molecule has 3 aromatic carbocycles. The molecule has 1 heterocycles. The minimum Gasteiger partial charge on any atom is -0.497 e. The summed E-state index contributed by atoms with van der Waals surface area (Å²) in [4.78, 5) is 16.5. The number of sulfonamides is 1. The van der Waals surface area contributed by atoms with Crippen molar-refractivity contribution in [3.05, 3.63) is 89.1 Å². The second-order valence-electron chi connectivity index (χ2n) is 11.8. The lowest BCUT2D eigenvalue weighted by atomic mass is 9.78. The Kier molecular flexibility index (Phi) is 8.47. The number of anilines is 3. The SMILES string of the molecule is COc1ccc(C2CC(=O)C3=C(C2)Nc2ccccc2N(S(C)(=O)=O)C3c2ccc(N(C(C)C)C(C)C)cc2OC)cc1. The Bertz CT molecular complexity index is 1640. The van der Waals surface area contributed by atoms with Gasteiger partial charge in [-0.1, -0.05) is 30.3 Å². The second kappa shape index (κ2) is 12.0. The summed E-state index contributed by atoms with van der Waals surface area (Å²) in [6.45, 7) is 8.54.